The summed E-state index contributed by atoms with van der Waals surface area (Å²) in [6.07, 6.45) is 3.39. The first-order valence-corrected chi connectivity index (χ1v) is 4.69. The molecule has 0 atom stereocenters. The molecule has 0 unspecified atom stereocenters. The first-order chi connectivity index (χ1) is 7.43. The van der Waals surface area contributed by atoms with Gasteiger partial charge in [0.1, 0.15) is 0 Å². The molecule has 0 bridgehead atoms. The summed E-state index contributed by atoms with van der Waals surface area (Å²) in [7, 11) is 0. The molecule has 3 aromatic rings. The number of nitrogens with zero attached hydrogens (tertiary/aromatic N) is 2. The molecule has 0 fully saturated rings. The number of furan rings is 1. The van der Waals surface area contributed by atoms with Crippen LogP contribution >= 0.6 is 0 Å². The molecule has 0 saturated heterocycles. The summed E-state index contributed by atoms with van der Waals surface area (Å²) in [5, 5.41) is 0.926. The standard InChI is InChI=1S/C12H8N2O/c1-2-4-9(5-3-1)11-13-8-10-6-7-15-12(10)14-11/h1-8H. The molecule has 2 heterocycles. The SMILES string of the molecule is c1ccc(-c2ncc3ccoc3n2)cc1. The van der Waals surface area contributed by atoms with Crippen LogP contribution in [0.3, 0.4) is 0 Å². The predicted octanol–water partition coefficient (Wildman–Crippen LogP) is 2.89. The highest BCUT2D eigenvalue weighted by Crippen LogP contribution is 2.18. The summed E-state index contributed by atoms with van der Waals surface area (Å²) in [5.74, 6) is 0.693. The van der Waals surface area contributed by atoms with E-state index < -0.39 is 0 Å². The highest BCUT2D eigenvalue weighted by molar-refractivity contribution is 5.74. The maximum atomic E-state index is 5.23. The summed E-state index contributed by atoms with van der Waals surface area (Å²) in [6.45, 7) is 0. The van der Waals surface area contributed by atoms with Gasteiger partial charge in [0.15, 0.2) is 5.82 Å². The van der Waals surface area contributed by atoms with Gasteiger partial charge in [0.2, 0.25) is 5.71 Å². The Hall–Kier alpha value is -2.16. The van der Waals surface area contributed by atoms with Crippen LogP contribution in [0.4, 0.5) is 0 Å². The quantitative estimate of drug-likeness (QED) is 0.600. The lowest BCUT2D eigenvalue weighted by molar-refractivity contribution is 0.603. The Balaban J connectivity index is 2.19. The number of hydrogen-bond acceptors (Lipinski definition) is 3. The van der Waals surface area contributed by atoms with Crippen LogP contribution in [-0.2, 0) is 0 Å². The lowest BCUT2D eigenvalue weighted by atomic mass is 10.2. The molecule has 3 heteroatoms. The molecule has 0 aliphatic carbocycles. The van der Waals surface area contributed by atoms with Crippen LogP contribution in [0.25, 0.3) is 22.5 Å². The van der Waals surface area contributed by atoms with Gasteiger partial charge in [-0.15, -0.1) is 0 Å². The minimum Gasteiger partial charge on any atom is -0.446 e. The average Bonchev–Trinajstić information content (AvgIpc) is 2.77. The summed E-state index contributed by atoms with van der Waals surface area (Å²) >= 11 is 0. The van der Waals surface area contributed by atoms with Crippen LogP contribution < -0.4 is 0 Å². The number of benzene rings is 1. The molecule has 0 spiro atoms. The smallest absolute Gasteiger partial charge is 0.229 e. The van der Waals surface area contributed by atoms with Gasteiger partial charge in [0, 0.05) is 11.8 Å². The third-order valence-electron chi connectivity index (χ3n) is 2.24. The van der Waals surface area contributed by atoms with Crippen molar-refractivity contribution in [3.8, 4) is 11.4 Å². The van der Waals surface area contributed by atoms with Crippen LogP contribution in [0.15, 0.2) is 53.3 Å². The number of aromatic nitrogens is 2. The first kappa shape index (κ1) is 8.17. The monoisotopic (exact) mass is 196 g/mol. The number of hydrogen-bond donors (Lipinski definition) is 0. The summed E-state index contributed by atoms with van der Waals surface area (Å²) < 4.78 is 5.23. The molecule has 2 aromatic heterocycles. The summed E-state index contributed by atoms with van der Waals surface area (Å²) in [6, 6.07) is 11.7. The van der Waals surface area contributed by atoms with Crippen LogP contribution in [0.2, 0.25) is 0 Å². The lowest BCUT2D eigenvalue weighted by Gasteiger charge is -1.97. The summed E-state index contributed by atoms with van der Waals surface area (Å²) in [4.78, 5) is 8.61. The first-order valence-electron chi connectivity index (χ1n) is 4.69. The molecule has 0 saturated carbocycles. The van der Waals surface area contributed by atoms with E-state index in [4.69, 9.17) is 4.42 Å². The average molecular weight is 196 g/mol. The molecule has 3 rings (SSSR count). The van der Waals surface area contributed by atoms with Crippen LogP contribution in [0.1, 0.15) is 0 Å². The fourth-order valence-electron chi connectivity index (χ4n) is 1.48. The van der Waals surface area contributed by atoms with Crippen molar-refractivity contribution < 1.29 is 4.42 Å². The Bertz CT molecular complexity index is 587. The zero-order chi connectivity index (χ0) is 10.1. The molecule has 15 heavy (non-hydrogen) atoms. The fraction of sp³-hybridized carbons (Fsp3) is 0. The highest BCUT2D eigenvalue weighted by Gasteiger charge is 2.03. The van der Waals surface area contributed by atoms with Crippen LogP contribution in [-0.4, -0.2) is 9.97 Å². The van der Waals surface area contributed by atoms with Crippen molar-refractivity contribution in [2.75, 3.05) is 0 Å². The fourth-order valence-corrected chi connectivity index (χ4v) is 1.48. The molecule has 0 N–H and O–H groups in total. The van der Waals surface area contributed by atoms with Gasteiger partial charge in [-0.25, -0.2) is 4.98 Å². The van der Waals surface area contributed by atoms with Gasteiger partial charge in [-0.2, -0.15) is 4.98 Å². The van der Waals surface area contributed by atoms with Crippen molar-refractivity contribution in [3.05, 3.63) is 48.9 Å². The zero-order valence-electron chi connectivity index (χ0n) is 7.92. The van der Waals surface area contributed by atoms with Crippen molar-refractivity contribution in [1.82, 2.24) is 9.97 Å². The second-order valence-electron chi connectivity index (χ2n) is 3.24. The molecule has 72 valence electrons. The van der Waals surface area contributed by atoms with Crippen molar-refractivity contribution in [2.24, 2.45) is 0 Å². The normalized spacial score (nSPS) is 10.7. The Morgan fingerprint density at radius 3 is 2.73 bits per heavy atom. The lowest BCUT2D eigenvalue weighted by Crippen LogP contribution is -1.87. The van der Waals surface area contributed by atoms with Crippen LogP contribution in [0, 0.1) is 0 Å². The number of rotatable bonds is 1. The van der Waals surface area contributed by atoms with Gasteiger partial charge in [0.25, 0.3) is 0 Å². The van der Waals surface area contributed by atoms with Crippen molar-refractivity contribution in [3.63, 3.8) is 0 Å². The van der Waals surface area contributed by atoms with E-state index in [0.29, 0.717) is 11.5 Å². The molecule has 0 aliphatic rings. The van der Waals surface area contributed by atoms with E-state index in [1.165, 1.54) is 0 Å². The minimum absolute atomic E-state index is 0.629. The van der Waals surface area contributed by atoms with E-state index in [0.717, 1.165) is 10.9 Å². The Kier molecular flexibility index (Phi) is 1.75. The van der Waals surface area contributed by atoms with E-state index in [1.807, 2.05) is 36.4 Å². The topological polar surface area (TPSA) is 38.9 Å². The van der Waals surface area contributed by atoms with Gasteiger partial charge in [-0.05, 0) is 6.07 Å². The summed E-state index contributed by atoms with van der Waals surface area (Å²) in [5.41, 5.74) is 1.62. The van der Waals surface area contributed by atoms with Gasteiger partial charge >= 0.3 is 0 Å². The molecular formula is C12H8N2O. The van der Waals surface area contributed by atoms with E-state index in [-0.39, 0.29) is 0 Å². The minimum atomic E-state index is 0.629. The van der Waals surface area contributed by atoms with E-state index in [1.54, 1.807) is 12.5 Å². The van der Waals surface area contributed by atoms with Gasteiger partial charge in [-0.1, -0.05) is 30.3 Å². The Morgan fingerprint density at radius 1 is 1.00 bits per heavy atom. The number of fused-ring (bicyclic) bond motifs is 1. The van der Waals surface area contributed by atoms with E-state index >= 15 is 0 Å². The zero-order valence-corrected chi connectivity index (χ0v) is 7.92. The third kappa shape index (κ3) is 1.38. The van der Waals surface area contributed by atoms with E-state index in [2.05, 4.69) is 9.97 Å². The highest BCUT2D eigenvalue weighted by atomic mass is 16.3. The van der Waals surface area contributed by atoms with Gasteiger partial charge in [-0.3, -0.25) is 0 Å². The van der Waals surface area contributed by atoms with Gasteiger partial charge in [0.05, 0.1) is 11.6 Å². The van der Waals surface area contributed by atoms with Crippen molar-refractivity contribution >= 4 is 11.1 Å². The second-order valence-corrected chi connectivity index (χ2v) is 3.24. The molecule has 0 amide bonds. The van der Waals surface area contributed by atoms with E-state index in [9.17, 15) is 0 Å². The van der Waals surface area contributed by atoms with Gasteiger partial charge < -0.3 is 4.42 Å². The van der Waals surface area contributed by atoms with Crippen molar-refractivity contribution in [1.29, 1.82) is 0 Å². The van der Waals surface area contributed by atoms with Crippen LogP contribution in [0.5, 0.6) is 0 Å². The van der Waals surface area contributed by atoms with Crippen molar-refractivity contribution in [2.45, 2.75) is 0 Å². The molecule has 1 aromatic carbocycles. The molecular weight excluding hydrogens is 188 g/mol. The predicted molar refractivity (Wildman–Crippen MR) is 57.2 cm³/mol. The molecule has 0 radical (unpaired) electrons. The molecule has 3 nitrogen and oxygen atoms in total. The maximum absolute atomic E-state index is 5.23. The Labute approximate surface area is 86.4 Å². The maximum Gasteiger partial charge on any atom is 0.229 e. The second kappa shape index (κ2) is 3.20. The Morgan fingerprint density at radius 2 is 1.87 bits per heavy atom. The molecule has 0 aliphatic heterocycles. The third-order valence-corrected chi connectivity index (χ3v) is 2.24. The largest absolute Gasteiger partial charge is 0.446 e.